The highest BCUT2D eigenvalue weighted by Crippen LogP contribution is 2.06. The molecule has 1 atom stereocenters. The zero-order valence-electron chi connectivity index (χ0n) is 10.6. The molecule has 2 N–H and O–H groups in total. The standard InChI is InChI=1S/C11H23NO4/c1-11(2,3)16-6-5-15-10(13)7-9(8-12)14-4/h9H,5-8,12H2,1-4H3. The van der Waals surface area contributed by atoms with Gasteiger partial charge < -0.3 is 19.9 Å². The molecule has 0 aromatic heterocycles. The Bertz CT molecular complexity index is 197. The van der Waals surface area contributed by atoms with E-state index in [0.717, 1.165) is 0 Å². The fraction of sp³-hybridized carbons (Fsp3) is 0.909. The largest absolute Gasteiger partial charge is 0.463 e. The molecule has 0 amide bonds. The van der Waals surface area contributed by atoms with E-state index in [1.165, 1.54) is 7.11 Å². The van der Waals surface area contributed by atoms with Crippen LogP contribution in [-0.2, 0) is 19.0 Å². The lowest BCUT2D eigenvalue weighted by atomic mass is 10.2. The van der Waals surface area contributed by atoms with Crippen LogP contribution in [0.3, 0.4) is 0 Å². The van der Waals surface area contributed by atoms with Crippen molar-refractivity contribution < 1.29 is 19.0 Å². The molecule has 0 aliphatic rings. The van der Waals surface area contributed by atoms with Gasteiger partial charge in [0.2, 0.25) is 0 Å². The first-order valence-corrected chi connectivity index (χ1v) is 5.41. The van der Waals surface area contributed by atoms with E-state index in [0.29, 0.717) is 13.2 Å². The van der Waals surface area contributed by atoms with E-state index in [9.17, 15) is 4.79 Å². The highest BCUT2D eigenvalue weighted by Gasteiger charge is 2.13. The van der Waals surface area contributed by atoms with Gasteiger partial charge in [-0.2, -0.15) is 0 Å². The van der Waals surface area contributed by atoms with Crippen LogP contribution in [0.25, 0.3) is 0 Å². The average Bonchev–Trinajstić information content (AvgIpc) is 2.19. The van der Waals surface area contributed by atoms with Gasteiger partial charge in [-0.3, -0.25) is 4.79 Å². The fourth-order valence-electron chi connectivity index (χ4n) is 1.01. The monoisotopic (exact) mass is 233 g/mol. The maximum absolute atomic E-state index is 11.3. The zero-order chi connectivity index (χ0) is 12.6. The second kappa shape index (κ2) is 7.60. The normalized spacial score (nSPS) is 13.6. The van der Waals surface area contributed by atoms with E-state index >= 15 is 0 Å². The lowest BCUT2D eigenvalue weighted by Crippen LogP contribution is -2.27. The summed E-state index contributed by atoms with van der Waals surface area (Å²) in [5.74, 6) is -0.310. The summed E-state index contributed by atoms with van der Waals surface area (Å²) < 4.78 is 15.3. The maximum atomic E-state index is 11.3. The molecule has 0 rings (SSSR count). The van der Waals surface area contributed by atoms with Crippen LogP contribution in [0.15, 0.2) is 0 Å². The van der Waals surface area contributed by atoms with Crippen molar-refractivity contribution in [3.05, 3.63) is 0 Å². The molecule has 5 heteroatoms. The van der Waals surface area contributed by atoms with E-state index in [1.54, 1.807) is 0 Å². The molecule has 0 aliphatic heterocycles. The Morgan fingerprint density at radius 2 is 1.94 bits per heavy atom. The summed E-state index contributed by atoms with van der Waals surface area (Å²) in [5, 5.41) is 0. The Balaban J connectivity index is 3.58. The number of esters is 1. The number of rotatable bonds is 7. The van der Waals surface area contributed by atoms with Crippen LogP contribution in [-0.4, -0.2) is 44.5 Å². The predicted octanol–water partition coefficient (Wildman–Crippen LogP) is 0.709. The van der Waals surface area contributed by atoms with Crippen molar-refractivity contribution in [2.75, 3.05) is 26.9 Å². The number of hydrogen-bond acceptors (Lipinski definition) is 5. The lowest BCUT2D eigenvalue weighted by Gasteiger charge is -2.19. The molecule has 0 radical (unpaired) electrons. The third kappa shape index (κ3) is 8.64. The first-order valence-electron chi connectivity index (χ1n) is 5.41. The SMILES string of the molecule is COC(CN)CC(=O)OCCOC(C)(C)C. The highest BCUT2D eigenvalue weighted by molar-refractivity contribution is 5.69. The van der Waals surface area contributed by atoms with Gasteiger partial charge in [0.1, 0.15) is 6.61 Å². The first-order chi connectivity index (χ1) is 7.39. The summed E-state index contributed by atoms with van der Waals surface area (Å²) in [6.45, 7) is 6.81. The summed E-state index contributed by atoms with van der Waals surface area (Å²) in [7, 11) is 1.52. The molecule has 16 heavy (non-hydrogen) atoms. The van der Waals surface area contributed by atoms with Gasteiger partial charge in [-0.25, -0.2) is 0 Å². The topological polar surface area (TPSA) is 70.8 Å². The summed E-state index contributed by atoms with van der Waals surface area (Å²) in [6, 6.07) is 0. The summed E-state index contributed by atoms with van der Waals surface area (Å²) in [4.78, 5) is 11.3. The molecule has 0 fully saturated rings. The van der Waals surface area contributed by atoms with Crippen LogP contribution >= 0.6 is 0 Å². The Morgan fingerprint density at radius 3 is 2.38 bits per heavy atom. The number of carbonyl (C=O) groups excluding carboxylic acids is 1. The van der Waals surface area contributed by atoms with Gasteiger partial charge in [-0.15, -0.1) is 0 Å². The van der Waals surface area contributed by atoms with Gasteiger partial charge in [0.05, 0.1) is 24.7 Å². The van der Waals surface area contributed by atoms with Gasteiger partial charge >= 0.3 is 5.97 Å². The summed E-state index contributed by atoms with van der Waals surface area (Å²) in [5.41, 5.74) is 5.18. The van der Waals surface area contributed by atoms with Gasteiger partial charge in [0.15, 0.2) is 0 Å². The highest BCUT2D eigenvalue weighted by atomic mass is 16.6. The molecule has 5 nitrogen and oxygen atoms in total. The van der Waals surface area contributed by atoms with Gasteiger partial charge in [-0.1, -0.05) is 0 Å². The van der Waals surface area contributed by atoms with Crippen LogP contribution in [0.1, 0.15) is 27.2 Å². The van der Waals surface area contributed by atoms with Gasteiger partial charge in [0.25, 0.3) is 0 Å². The fourth-order valence-corrected chi connectivity index (χ4v) is 1.01. The van der Waals surface area contributed by atoms with Gasteiger partial charge in [0, 0.05) is 13.7 Å². The molecular weight excluding hydrogens is 210 g/mol. The molecule has 96 valence electrons. The van der Waals surface area contributed by atoms with Crippen molar-refractivity contribution in [1.82, 2.24) is 0 Å². The average molecular weight is 233 g/mol. The summed E-state index contributed by atoms with van der Waals surface area (Å²) in [6.07, 6.45) is -0.0845. The third-order valence-corrected chi connectivity index (χ3v) is 1.87. The molecule has 0 spiro atoms. The first kappa shape index (κ1) is 15.3. The Labute approximate surface area is 97.2 Å². The van der Waals surface area contributed by atoms with Gasteiger partial charge in [-0.05, 0) is 20.8 Å². The molecule has 0 heterocycles. The maximum Gasteiger partial charge on any atom is 0.308 e. The second-order valence-corrected chi connectivity index (χ2v) is 4.48. The van der Waals surface area contributed by atoms with E-state index in [4.69, 9.17) is 19.9 Å². The molecule has 0 aromatic rings. The Kier molecular flexibility index (Phi) is 7.29. The van der Waals surface area contributed by atoms with Crippen LogP contribution < -0.4 is 5.73 Å². The minimum absolute atomic E-state index is 0.183. The number of ether oxygens (including phenoxy) is 3. The lowest BCUT2D eigenvalue weighted by molar-refractivity contribution is -0.149. The van der Waals surface area contributed by atoms with E-state index in [-0.39, 0.29) is 30.7 Å². The van der Waals surface area contributed by atoms with Crippen molar-refractivity contribution in [2.45, 2.75) is 38.9 Å². The van der Waals surface area contributed by atoms with E-state index in [1.807, 2.05) is 20.8 Å². The number of hydrogen-bond donors (Lipinski definition) is 1. The van der Waals surface area contributed by atoms with Crippen LogP contribution in [0.5, 0.6) is 0 Å². The third-order valence-electron chi connectivity index (χ3n) is 1.87. The Morgan fingerprint density at radius 1 is 1.31 bits per heavy atom. The van der Waals surface area contributed by atoms with Crippen molar-refractivity contribution in [3.63, 3.8) is 0 Å². The van der Waals surface area contributed by atoms with Crippen LogP contribution in [0.2, 0.25) is 0 Å². The van der Waals surface area contributed by atoms with Crippen LogP contribution in [0.4, 0.5) is 0 Å². The molecular formula is C11H23NO4. The molecule has 1 unspecified atom stereocenters. The van der Waals surface area contributed by atoms with Crippen molar-refractivity contribution >= 4 is 5.97 Å². The molecule has 0 saturated heterocycles. The van der Waals surface area contributed by atoms with E-state index < -0.39 is 0 Å². The Hall–Kier alpha value is -0.650. The minimum atomic E-state index is -0.310. The summed E-state index contributed by atoms with van der Waals surface area (Å²) >= 11 is 0. The number of carbonyl (C=O) groups is 1. The molecule has 0 saturated carbocycles. The van der Waals surface area contributed by atoms with E-state index in [2.05, 4.69) is 0 Å². The second-order valence-electron chi connectivity index (χ2n) is 4.48. The number of nitrogens with two attached hydrogens (primary N) is 1. The molecule has 0 aliphatic carbocycles. The zero-order valence-corrected chi connectivity index (χ0v) is 10.6. The van der Waals surface area contributed by atoms with Crippen molar-refractivity contribution in [2.24, 2.45) is 5.73 Å². The van der Waals surface area contributed by atoms with Crippen molar-refractivity contribution in [1.29, 1.82) is 0 Å². The van der Waals surface area contributed by atoms with Crippen molar-refractivity contribution in [3.8, 4) is 0 Å². The minimum Gasteiger partial charge on any atom is -0.463 e. The predicted molar refractivity (Wildman–Crippen MR) is 61.1 cm³/mol. The molecule has 0 bridgehead atoms. The number of methoxy groups -OCH3 is 1. The molecule has 0 aromatic carbocycles. The smallest absolute Gasteiger partial charge is 0.308 e. The van der Waals surface area contributed by atoms with Crippen LogP contribution in [0, 0.1) is 0 Å². The quantitative estimate of drug-likeness (QED) is 0.518.